The van der Waals surface area contributed by atoms with Gasteiger partial charge in [-0.3, -0.25) is 4.79 Å². The number of halogens is 1. The molecule has 23 heavy (non-hydrogen) atoms. The Balaban J connectivity index is 0.00000156. The lowest BCUT2D eigenvalue weighted by Gasteiger charge is -2.24. The van der Waals surface area contributed by atoms with Crippen molar-refractivity contribution in [3.63, 3.8) is 0 Å². The Kier molecular flexibility index (Phi) is 4.61. The molecule has 2 aliphatic carbocycles. The summed E-state index contributed by atoms with van der Waals surface area (Å²) in [5.74, 6) is 2.98. The van der Waals surface area contributed by atoms with E-state index in [0.29, 0.717) is 23.4 Å². The molecular weight excluding hydrogens is 312 g/mol. The fourth-order valence-electron chi connectivity index (χ4n) is 3.69. The smallest absolute Gasteiger partial charge is 0.257 e. The first-order chi connectivity index (χ1) is 10.6. The van der Waals surface area contributed by atoms with Crippen LogP contribution in [-0.4, -0.2) is 58.9 Å². The quantitative estimate of drug-likeness (QED) is 0.845. The van der Waals surface area contributed by atoms with Gasteiger partial charge in [-0.05, 0) is 51.6 Å². The molecule has 4 rings (SSSR count). The summed E-state index contributed by atoms with van der Waals surface area (Å²) < 4.78 is 0. The maximum Gasteiger partial charge on any atom is 0.257 e. The van der Waals surface area contributed by atoms with Crippen LogP contribution in [-0.2, 0) is 0 Å². The van der Waals surface area contributed by atoms with Crippen LogP contribution in [0, 0.1) is 11.8 Å². The van der Waals surface area contributed by atoms with Gasteiger partial charge in [0.25, 0.3) is 5.91 Å². The molecule has 1 aliphatic heterocycles. The lowest BCUT2D eigenvalue weighted by atomic mass is 9.97. The fraction of sp³-hybridized carbons (Fsp3) is 0.706. The van der Waals surface area contributed by atoms with Gasteiger partial charge in [0.2, 0.25) is 0 Å². The Bertz CT molecular complexity index is 558. The standard InChI is InChI=1S/C17H24N4O.ClH/c1-20(2)15-10-21(9-14(15)11-3-4-11)17(22)13-7-18-16(19-8-13)12-5-6-12;/h7-8,11-12,14-15H,3-6,9-10H2,1-2H3;1H/t14-,15+;/m1./s1. The summed E-state index contributed by atoms with van der Waals surface area (Å²) in [7, 11) is 4.25. The monoisotopic (exact) mass is 336 g/mol. The maximum atomic E-state index is 12.7. The van der Waals surface area contributed by atoms with Gasteiger partial charge in [-0.25, -0.2) is 9.97 Å². The first-order valence-electron chi connectivity index (χ1n) is 8.41. The van der Waals surface area contributed by atoms with E-state index in [4.69, 9.17) is 0 Å². The number of aromatic nitrogens is 2. The van der Waals surface area contributed by atoms with Crippen molar-refractivity contribution in [1.82, 2.24) is 19.8 Å². The minimum atomic E-state index is 0. The van der Waals surface area contributed by atoms with Crippen LogP contribution in [0.4, 0.5) is 0 Å². The number of likely N-dealkylation sites (tertiary alicyclic amines) is 1. The van der Waals surface area contributed by atoms with Crippen molar-refractivity contribution in [2.24, 2.45) is 11.8 Å². The average molecular weight is 337 g/mol. The van der Waals surface area contributed by atoms with Crippen LogP contribution in [0.3, 0.4) is 0 Å². The second-order valence-corrected chi connectivity index (χ2v) is 7.35. The van der Waals surface area contributed by atoms with Crippen LogP contribution < -0.4 is 0 Å². The largest absolute Gasteiger partial charge is 0.337 e. The van der Waals surface area contributed by atoms with E-state index >= 15 is 0 Å². The maximum absolute atomic E-state index is 12.7. The second kappa shape index (κ2) is 6.36. The van der Waals surface area contributed by atoms with Gasteiger partial charge in [0.1, 0.15) is 5.82 Å². The highest BCUT2D eigenvalue weighted by molar-refractivity contribution is 5.93. The van der Waals surface area contributed by atoms with Gasteiger partial charge in [0.15, 0.2) is 0 Å². The van der Waals surface area contributed by atoms with E-state index in [2.05, 4.69) is 29.0 Å². The summed E-state index contributed by atoms with van der Waals surface area (Å²) in [6.45, 7) is 1.72. The summed E-state index contributed by atoms with van der Waals surface area (Å²) in [6.07, 6.45) is 8.47. The SMILES string of the molecule is CN(C)[C@H]1CN(C(=O)c2cnc(C3CC3)nc2)C[C@@H]1C1CC1.Cl. The van der Waals surface area contributed by atoms with Gasteiger partial charge in [-0.1, -0.05) is 0 Å². The first-order valence-corrected chi connectivity index (χ1v) is 8.41. The Morgan fingerprint density at radius 2 is 1.78 bits per heavy atom. The van der Waals surface area contributed by atoms with Crippen molar-refractivity contribution in [2.75, 3.05) is 27.2 Å². The highest BCUT2D eigenvalue weighted by atomic mass is 35.5. The zero-order chi connectivity index (χ0) is 15.3. The first kappa shape index (κ1) is 16.7. The van der Waals surface area contributed by atoms with Crippen molar-refractivity contribution in [3.8, 4) is 0 Å². The zero-order valence-electron chi connectivity index (χ0n) is 13.8. The van der Waals surface area contributed by atoms with Gasteiger partial charge in [0.05, 0.1) is 5.56 Å². The minimum Gasteiger partial charge on any atom is -0.337 e. The Labute approximate surface area is 143 Å². The zero-order valence-corrected chi connectivity index (χ0v) is 14.6. The van der Waals surface area contributed by atoms with Gasteiger partial charge in [0, 0.05) is 37.4 Å². The molecular formula is C17H25ClN4O. The molecule has 0 radical (unpaired) electrons. The molecule has 3 fully saturated rings. The molecule has 1 aromatic rings. The molecule has 6 heteroatoms. The van der Waals surface area contributed by atoms with Crippen LogP contribution in [0.25, 0.3) is 0 Å². The highest BCUT2D eigenvalue weighted by Gasteiger charge is 2.44. The summed E-state index contributed by atoms with van der Waals surface area (Å²) in [5.41, 5.74) is 0.637. The Hall–Kier alpha value is -1.20. The van der Waals surface area contributed by atoms with E-state index in [1.807, 2.05) is 4.90 Å². The van der Waals surface area contributed by atoms with Crippen molar-refractivity contribution in [1.29, 1.82) is 0 Å². The summed E-state index contributed by atoms with van der Waals surface area (Å²) in [4.78, 5) is 25.8. The number of amides is 1. The van der Waals surface area contributed by atoms with E-state index in [1.54, 1.807) is 12.4 Å². The van der Waals surface area contributed by atoms with Gasteiger partial charge in [-0.2, -0.15) is 0 Å². The van der Waals surface area contributed by atoms with Gasteiger partial charge in [-0.15, -0.1) is 12.4 Å². The Morgan fingerprint density at radius 1 is 1.13 bits per heavy atom. The molecule has 5 nitrogen and oxygen atoms in total. The molecule has 0 bridgehead atoms. The number of carbonyl (C=O) groups is 1. The van der Waals surface area contributed by atoms with Crippen molar-refractivity contribution in [2.45, 2.75) is 37.6 Å². The number of carbonyl (C=O) groups excluding carboxylic acids is 1. The van der Waals surface area contributed by atoms with Gasteiger partial charge >= 0.3 is 0 Å². The molecule has 3 aliphatic rings. The average Bonchev–Trinajstić information content (AvgIpc) is 3.44. The lowest BCUT2D eigenvalue weighted by Crippen LogP contribution is -2.36. The van der Waals surface area contributed by atoms with Crippen LogP contribution in [0.5, 0.6) is 0 Å². The third kappa shape index (κ3) is 3.36. The van der Waals surface area contributed by atoms with Crippen molar-refractivity contribution in [3.05, 3.63) is 23.8 Å². The molecule has 1 saturated heterocycles. The second-order valence-electron chi connectivity index (χ2n) is 7.35. The van der Waals surface area contributed by atoms with E-state index in [1.165, 1.54) is 25.7 Å². The van der Waals surface area contributed by atoms with E-state index in [-0.39, 0.29) is 18.3 Å². The van der Waals surface area contributed by atoms with Crippen LogP contribution in [0.15, 0.2) is 12.4 Å². The molecule has 2 saturated carbocycles. The molecule has 0 aromatic carbocycles. The predicted molar refractivity (Wildman–Crippen MR) is 90.8 cm³/mol. The van der Waals surface area contributed by atoms with Crippen LogP contribution in [0.1, 0.15) is 47.8 Å². The number of hydrogen-bond acceptors (Lipinski definition) is 4. The number of hydrogen-bond donors (Lipinski definition) is 0. The minimum absolute atomic E-state index is 0. The van der Waals surface area contributed by atoms with Crippen LogP contribution >= 0.6 is 12.4 Å². The Morgan fingerprint density at radius 3 is 2.30 bits per heavy atom. The van der Waals surface area contributed by atoms with Crippen LogP contribution in [0.2, 0.25) is 0 Å². The molecule has 2 heterocycles. The molecule has 1 aromatic heterocycles. The predicted octanol–water partition coefficient (Wildman–Crippen LogP) is 2.19. The molecule has 0 spiro atoms. The van der Waals surface area contributed by atoms with E-state index in [0.717, 1.165) is 24.8 Å². The molecule has 126 valence electrons. The highest BCUT2D eigenvalue weighted by Crippen LogP contribution is 2.42. The normalized spacial score (nSPS) is 27.2. The van der Waals surface area contributed by atoms with Gasteiger partial charge < -0.3 is 9.80 Å². The number of likely N-dealkylation sites (N-methyl/N-ethyl adjacent to an activating group) is 1. The molecule has 0 N–H and O–H groups in total. The van der Waals surface area contributed by atoms with E-state index < -0.39 is 0 Å². The summed E-state index contributed by atoms with van der Waals surface area (Å²) in [5, 5.41) is 0. The lowest BCUT2D eigenvalue weighted by molar-refractivity contribution is 0.0779. The molecule has 0 unspecified atom stereocenters. The fourth-order valence-corrected chi connectivity index (χ4v) is 3.69. The summed E-state index contributed by atoms with van der Waals surface area (Å²) >= 11 is 0. The number of nitrogens with zero attached hydrogens (tertiary/aromatic N) is 4. The molecule has 2 atom stereocenters. The number of rotatable bonds is 4. The third-order valence-electron chi connectivity index (χ3n) is 5.37. The van der Waals surface area contributed by atoms with Crippen molar-refractivity contribution < 1.29 is 4.79 Å². The topological polar surface area (TPSA) is 49.3 Å². The third-order valence-corrected chi connectivity index (χ3v) is 5.37. The van der Waals surface area contributed by atoms with Crippen molar-refractivity contribution >= 4 is 18.3 Å². The summed E-state index contributed by atoms with van der Waals surface area (Å²) in [6, 6.07) is 0.489. The molecule has 1 amide bonds. The van der Waals surface area contributed by atoms with E-state index in [9.17, 15) is 4.79 Å².